The molecule has 88 valence electrons. The van der Waals surface area contributed by atoms with Gasteiger partial charge in [0.05, 0.1) is 6.61 Å². The lowest BCUT2D eigenvalue weighted by molar-refractivity contribution is 0.272. The van der Waals surface area contributed by atoms with Gasteiger partial charge in [0.2, 0.25) is 0 Å². The monoisotopic (exact) mass is 220 g/mol. The molecule has 1 aliphatic heterocycles. The van der Waals surface area contributed by atoms with Crippen molar-refractivity contribution in [2.24, 2.45) is 0 Å². The third kappa shape index (κ3) is 3.22. The number of aryl methyl sites for hydroxylation is 1. The van der Waals surface area contributed by atoms with Gasteiger partial charge in [0, 0.05) is 25.7 Å². The van der Waals surface area contributed by atoms with Gasteiger partial charge in [-0.3, -0.25) is 0 Å². The normalized spacial score (nSPS) is 20.7. The van der Waals surface area contributed by atoms with Crippen molar-refractivity contribution < 1.29 is 4.74 Å². The van der Waals surface area contributed by atoms with Crippen LogP contribution in [0.15, 0.2) is 24.3 Å². The van der Waals surface area contributed by atoms with Crippen LogP contribution in [0.5, 0.6) is 5.75 Å². The van der Waals surface area contributed by atoms with Gasteiger partial charge in [-0.25, -0.2) is 0 Å². The molecule has 0 aromatic heterocycles. The number of ether oxygens (including phenoxy) is 1. The van der Waals surface area contributed by atoms with E-state index in [0.717, 1.165) is 38.4 Å². The van der Waals surface area contributed by atoms with Crippen LogP contribution < -0.4 is 15.4 Å². The Morgan fingerprint density at radius 1 is 1.31 bits per heavy atom. The van der Waals surface area contributed by atoms with Crippen LogP contribution in [0.25, 0.3) is 0 Å². The molecule has 16 heavy (non-hydrogen) atoms. The summed E-state index contributed by atoms with van der Waals surface area (Å²) in [5.41, 5.74) is 1.21. The van der Waals surface area contributed by atoms with Crippen LogP contribution in [0.4, 0.5) is 0 Å². The van der Waals surface area contributed by atoms with Crippen molar-refractivity contribution in [1.82, 2.24) is 10.6 Å². The van der Waals surface area contributed by atoms with Gasteiger partial charge in [-0.05, 0) is 25.0 Å². The Kier molecular flexibility index (Phi) is 4.19. The van der Waals surface area contributed by atoms with Gasteiger partial charge < -0.3 is 15.4 Å². The Balaban J connectivity index is 1.73. The number of para-hydroxylation sites is 1. The molecule has 1 aromatic carbocycles. The largest absolute Gasteiger partial charge is 0.493 e. The predicted molar refractivity (Wildman–Crippen MR) is 66.0 cm³/mol. The van der Waals surface area contributed by atoms with E-state index in [4.69, 9.17) is 4.74 Å². The molecule has 0 saturated carbocycles. The Morgan fingerprint density at radius 2 is 2.19 bits per heavy atom. The summed E-state index contributed by atoms with van der Waals surface area (Å²) in [7, 11) is 0. The lowest BCUT2D eigenvalue weighted by Crippen LogP contribution is -2.48. The van der Waals surface area contributed by atoms with E-state index in [2.05, 4.69) is 23.6 Å². The van der Waals surface area contributed by atoms with Crippen molar-refractivity contribution in [3.63, 3.8) is 0 Å². The third-order valence-electron chi connectivity index (χ3n) is 2.94. The molecule has 2 rings (SSSR count). The number of piperazine rings is 1. The molecule has 1 unspecified atom stereocenters. The summed E-state index contributed by atoms with van der Waals surface area (Å²) in [6.07, 6.45) is 1.06. The van der Waals surface area contributed by atoms with Crippen molar-refractivity contribution in [1.29, 1.82) is 0 Å². The van der Waals surface area contributed by atoms with Gasteiger partial charge in [-0.1, -0.05) is 18.2 Å². The van der Waals surface area contributed by atoms with Gasteiger partial charge in [0.25, 0.3) is 0 Å². The van der Waals surface area contributed by atoms with Gasteiger partial charge in [-0.2, -0.15) is 0 Å². The van der Waals surface area contributed by atoms with E-state index in [1.807, 2.05) is 18.2 Å². The van der Waals surface area contributed by atoms with E-state index in [1.54, 1.807) is 0 Å². The second-order valence-electron chi connectivity index (χ2n) is 4.26. The summed E-state index contributed by atoms with van der Waals surface area (Å²) in [6, 6.07) is 8.72. The smallest absolute Gasteiger partial charge is 0.122 e. The highest BCUT2D eigenvalue weighted by Gasteiger charge is 2.11. The van der Waals surface area contributed by atoms with Crippen LogP contribution in [0.1, 0.15) is 12.0 Å². The first kappa shape index (κ1) is 11.4. The second kappa shape index (κ2) is 5.87. The van der Waals surface area contributed by atoms with Crippen molar-refractivity contribution in [3.8, 4) is 5.75 Å². The molecule has 0 spiro atoms. The van der Waals surface area contributed by atoms with Crippen molar-refractivity contribution in [2.45, 2.75) is 19.4 Å². The summed E-state index contributed by atoms with van der Waals surface area (Å²) in [5, 5.41) is 6.85. The van der Waals surface area contributed by atoms with Gasteiger partial charge >= 0.3 is 0 Å². The van der Waals surface area contributed by atoms with E-state index in [-0.39, 0.29) is 0 Å². The minimum absolute atomic E-state index is 0.553. The van der Waals surface area contributed by atoms with E-state index < -0.39 is 0 Å². The molecule has 0 amide bonds. The average molecular weight is 220 g/mol. The third-order valence-corrected chi connectivity index (χ3v) is 2.94. The number of hydrogen-bond acceptors (Lipinski definition) is 3. The van der Waals surface area contributed by atoms with Crippen molar-refractivity contribution >= 4 is 0 Å². The zero-order valence-electron chi connectivity index (χ0n) is 9.83. The Hall–Kier alpha value is -1.06. The number of rotatable bonds is 4. The molecule has 1 aromatic rings. The van der Waals surface area contributed by atoms with Gasteiger partial charge in [-0.15, -0.1) is 0 Å². The van der Waals surface area contributed by atoms with Crippen molar-refractivity contribution in [2.75, 3.05) is 26.2 Å². The fourth-order valence-corrected chi connectivity index (χ4v) is 1.95. The van der Waals surface area contributed by atoms with E-state index in [1.165, 1.54) is 5.56 Å². The quantitative estimate of drug-likeness (QED) is 0.803. The molecule has 1 aliphatic rings. The maximum absolute atomic E-state index is 5.77. The first-order valence-corrected chi connectivity index (χ1v) is 5.99. The Labute approximate surface area is 97.2 Å². The summed E-state index contributed by atoms with van der Waals surface area (Å²) >= 11 is 0. The molecular formula is C13H20N2O. The molecular weight excluding hydrogens is 200 g/mol. The van der Waals surface area contributed by atoms with Crippen LogP contribution in [-0.2, 0) is 0 Å². The van der Waals surface area contributed by atoms with Crippen molar-refractivity contribution in [3.05, 3.63) is 29.8 Å². The fourth-order valence-electron chi connectivity index (χ4n) is 1.95. The Bertz CT molecular complexity index is 321. The van der Waals surface area contributed by atoms with Crippen LogP contribution in [-0.4, -0.2) is 32.3 Å². The molecule has 0 radical (unpaired) electrons. The molecule has 1 heterocycles. The first-order chi connectivity index (χ1) is 7.86. The molecule has 1 saturated heterocycles. The lowest BCUT2D eigenvalue weighted by atomic mass is 10.2. The van der Waals surface area contributed by atoms with Gasteiger partial charge in [0.1, 0.15) is 5.75 Å². The highest BCUT2D eigenvalue weighted by molar-refractivity contribution is 5.31. The number of hydrogen-bond donors (Lipinski definition) is 2. The molecule has 3 heteroatoms. The average Bonchev–Trinajstić information content (AvgIpc) is 2.33. The highest BCUT2D eigenvalue weighted by atomic mass is 16.5. The minimum Gasteiger partial charge on any atom is -0.493 e. The summed E-state index contributed by atoms with van der Waals surface area (Å²) in [6.45, 7) is 6.06. The van der Waals surface area contributed by atoms with E-state index >= 15 is 0 Å². The molecule has 0 bridgehead atoms. The maximum atomic E-state index is 5.77. The van der Waals surface area contributed by atoms with Crippen LogP contribution >= 0.6 is 0 Å². The summed E-state index contributed by atoms with van der Waals surface area (Å²) in [5.74, 6) is 1.01. The number of benzene rings is 1. The molecule has 3 nitrogen and oxygen atoms in total. The van der Waals surface area contributed by atoms with Crippen LogP contribution in [0, 0.1) is 6.92 Å². The SMILES string of the molecule is Cc1ccccc1OCCC1CNCCN1. The van der Waals surface area contributed by atoms with E-state index in [9.17, 15) is 0 Å². The molecule has 1 atom stereocenters. The van der Waals surface area contributed by atoms with Crippen LogP contribution in [0.2, 0.25) is 0 Å². The second-order valence-corrected chi connectivity index (χ2v) is 4.26. The standard InChI is InChI=1S/C13H20N2O/c1-11-4-2-3-5-13(11)16-9-6-12-10-14-7-8-15-12/h2-5,12,14-15H,6-10H2,1H3. The zero-order valence-corrected chi connectivity index (χ0v) is 9.83. The zero-order chi connectivity index (χ0) is 11.2. The van der Waals surface area contributed by atoms with E-state index in [0.29, 0.717) is 6.04 Å². The minimum atomic E-state index is 0.553. The van der Waals surface area contributed by atoms with Crippen LogP contribution in [0.3, 0.4) is 0 Å². The Morgan fingerprint density at radius 3 is 2.94 bits per heavy atom. The summed E-state index contributed by atoms with van der Waals surface area (Å²) < 4.78 is 5.77. The highest BCUT2D eigenvalue weighted by Crippen LogP contribution is 2.16. The molecule has 0 aliphatic carbocycles. The summed E-state index contributed by atoms with van der Waals surface area (Å²) in [4.78, 5) is 0. The fraction of sp³-hybridized carbons (Fsp3) is 0.538. The lowest BCUT2D eigenvalue weighted by Gasteiger charge is -2.24. The number of nitrogens with one attached hydrogen (secondary N) is 2. The molecule has 2 N–H and O–H groups in total. The maximum Gasteiger partial charge on any atom is 0.122 e. The topological polar surface area (TPSA) is 33.3 Å². The predicted octanol–water partition coefficient (Wildman–Crippen LogP) is 1.33. The molecule has 1 fully saturated rings. The first-order valence-electron chi connectivity index (χ1n) is 5.99. The van der Waals surface area contributed by atoms with Gasteiger partial charge in [0.15, 0.2) is 0 Å².